The Hall–Kier alpha value is -3.15. The lowest BCUT2D eigenvalue weighted by Crippen LogP contribution is -2.54. The number of methoxy groups -OCH3 is 1. The van der Waals surface area contributed by atoms with Gasteiger partial charge in [0.05, 0.1) is 12.7 Å². The van der Waals surface area contributed by atoms with Gasteiger partial charge in [-0.25, -0.2) is 14.4 Å². The molecule has 29 heavy (non-hydrogen) atoms. The molecule has 0 aliphatic carbocycles. The van der Waals surface area contributed by atoms with Gasteiger partial charge in [0.1, 0.15) is 30.2 Å². The second kappa shape index (κ2) is 9.37. The van der Waals surface area contributed by atoms with Crippen molar-refractivity contribution in [2.24, 2.45) is 0 Å². The number of amides is 2. The molecule has 1 aliphatic heterocycles. The van der Waals surface area contributed by atoms with E-state index in [2.05, 4.69) is 10.1 Å². The first-order valence-electron chi connectivity index (χ1n) is 8.32. The van der Waals surface area contributed by atoms with E-state index in [-0.39, 0.29) is 39.7 Å². The van der Waals surface area contributed by atoms with E-state index >= 15 is 0 Å². The van der Waals surface area contributed by atoms with E-state index < -0.39 is 42.6 Å². The Labute approximate surface area is 169 Å². The van der Waals surface area contributed by atoms with Crippen molar-refractivity contribution in [3.05, 3.63) is 22.8 Å². The van der Waals surface area contributed by atoms with Crippen LogP contribution in [0.4, 0.5) is 4.79 Å². The fourth-order valence-corrected chi connectivity index (χ4v) is 3.72. The number of thioether (sulfide) groups is 1. The Bertz CT molecular complexity index is 843. The number of cyclic esters (lactones) is 1. The zero-order chi connectivity index (χ0) is 21.7. The summed E-state index contributed by atoms with van der Waals surface area (Å²) in [5.41, 5.74) is 0.227. The van der Waals surface area contributed by atoms with Crippen LogP contribution in [-0.2, 0) is 24.8 Å². The summed E-state index contributed by atoms with van der Waals surface area (Å²) in [5, 5.41) is 33.3. The van der Waals surface area contributed by atoms with Crippen LogP contribution in [0.25, 0.3) is 0 Å². The largest absolute Gasteiger partial charge is 0.508 e. The van der Waals surface area contributed by atoms with Gasteiger partial charge in [0.15, 0.2) is 0 Å². The highest BCUT2D eigenvalue weighted by molar-refractivity contribution is 7.98. The number of phenols is 2. The van der Waals surface area contributed by atoms with Gasteiger partial charge in [0.25, 0.3) is 0 Å². The molecule has 0 unspecified atom stereocenters. The number of hydrogen-bond acceptors (Lipinski definition) is 9. The number of carbonyl (C=O) groups is 4. The molecule has 11 nitrogen and oxygen atoms in total. The number of ether oxygens (including phenoxy) is 2. The summed E-state index contributed by atoms with van der Waals surface area (Å²) < 4.78 is 9.72. The van der Waals surface area contributed by atoms with E-state index in [9.17, 15) is 29.4 Å². The van der Waals surface area contributed by atoms with Gasteiger partial charge in [-0.15, -0.1) is 0 Å². The van der Waals surface area contributed by atoms with E-state index in [1.165, 1.54) is 6.92 Å². The summed E-state index contributed by atoms with van der Waals surface area (Å²) in [6.07, 6.45) is -1.54. The van der Waals surface area contributed by atoms with Gasteiger partial charge >= 0.3 is 18.0 Å². The molecule has 2 amide bonds. The molecule has 158 valence electrons. The molecule has 0 spiro atoms. The minimum Gasteiger partial charge on any atom is -0.508 e. The van der Waals surface area contributed by atoms with E-state index in [1.54, 1.807) is 0 Å². The van der Waals surface area contributed by atoms with Crippen molar-refractivity contribution in [3.63, 3.8) is 0 Å². The Kier molecular flexibility index (Phi) is 7.15. The fourth-order valence-electron chi connectivity index (χ4n) is 2.65. The Morgan fingerprint density at radius 3 is 2.62 bits per heavy atom. The molecule has 0 saturated carbocycles. The second-order valence-electron chi connectivity index (χ2n) is 6.09. The number of fused-ring (bicyclic) bond motifs is 1. The van der Waals surface area contributed by atoms with Crippen molar-refractivity contribution in [2.75, 3.05) is 19.5 Å². The summed E-state index contributed by atoms with van der Waals surface area (Å²) in [6, 6.07) is -1.51. The monoisotopic (exact) mass is 428 g/mol. The highest BCUT2D eigenvalue weighted by Gasteiger charge is 2.31. The van der Waals surface area contributed by atoms with Gasteiger partial charge in [0, 0.05) is 28.7 Å². The van der Waals surface area contributed by atoms with Crippen LogP contribution >= 0.6 is 11.8 Å². The van der Waals surface area contributed by atoms with Gasteiger partial charge in [-0.1, -0.05) is 0 Å². The smallest absolute Gasteiger partial charge is 0.405 e. The lowest BCUT2D eigenvalue weighted by molar-refractivity contribution is -0.144. The van der Waals surface area contributed by atoms with Crippen LogP contribution in [0.15, 0.2) is 6.07 Å². The first kappa shape index (κ1) is 22.1. The molecule has 5 N–H and O–H groups in total. The Morgan fingerprint density at radius 2 is 2.00 bits per heavy atom. The standard InChI is InChI=1S/C17H20N2O9S/c1-7-11(20)3-12(21)8-5-29-6-10(15(23)27-2)18-14(22)9(19-17(25)26)4-28-16(24)13(7)8/h3,9-10,19-21H,4-6H2,1-2H3,(H,18,22)(H,25,26)/t9-,10-/m0/s1. The van der Waals surface area contributed by atoms with Crippen molar-refractivity contribution < 1.29 is 44.0 Å². The molecular formula is C17H20N2O9S. The summed E-state index contributed by atoms with van der Waals surface area (Å²) >= 11 is 1.11. The highest BCUT2D eigenvalue weighted by atomic mass is 32.2. The average Bonchev–Trinajstić information content (AvgIpc) is 2.66. The molecule has 0 bridgehead atoms. The quantitative estimate of drug-likeness (QED) is 0.407. The Morgan fingerprint density at radius 1 is 1.31 bits per heavy atom. The van der Waals surface area contributed by atoms with E-state index in [4.69, 9.17) is 9.84 Å². The third-order valence-corrected chi connectivity index (χ3v) is 5.24. The molecule has 2 atom stereocenters. The topological polar surface area (TPSA) is 171 Å². The van der Waals surface area contributed by atoms with E-state index in [0.29, 0.717) is 0 Å². The third-order valence-electron chi connectivity index (χ3n) is 4.18. The number of nitrogens with one attached hydrogen (secondary N) is 2. The van der Waals surface area contributed by atoms with Crippen molar-refractivity contribution in [1.82, 2.24) is 10.6 Å². The number of rotatable bonds is 2. The summed E-state index contributed by atoms with van der Waals surface area (Å²) in [7, 11) is 1.14. The number of carboxylic acid groups (broad SMARTS) is 1. The molecule has 0 radical (unpaired) electrons. The molecule has 1 aromatic carbocycles. The van der Waals surface area contributed by atoms with Crippen LogP contribution in [0.3, 0.4) is 0 Å². The first-order valence-corrected chi connectivity index (χ1v) is 9.48. The molecule has 0 saturated heterocycles. The molecule has 2 rings (SSSR count). The highest BCUT2D eigenvalue weighted by Crippen LogP contribution is 2.35. The Balaban J connectivity index is 2.46. The van der Waals surface area contributed by atoms with Gasteiger partial charge in [0.2, 0.25) is 5.91 Å². The predicted octanol–water partition coefficient (Wildman–Crippen LogP) is 0.104. The van der Waals surface area contributed by atoms with Gasteiger partial charge in [-0.05, 0) is 6.92 Å². The van der Waals surface area contributed by atoms with Gasteiger partial charge in [-0.2, -0.15) is 11.8 Å². The average molecular weight is 428 g/mol. The minimum absolute atomic E-state index is 0.0199. The number of aromatic hydroxyl groups is 2. The lowest BCUT2D eigenvalue weighted by Gasteiger charge is -2.23. The van der Waals surface area contributed by atoms with Crippen molar-refractivity contribution in [3.8, 4) is 11.5 Å². The maximum Gasteiger partial charge on any atom is 0.405 e. The molecule has 0 fully saturated rings. The number of carbonyl (C=O) groups excluding carboxylic acids is 3. The molecule has 0 aromatic heterocycles. The van der Waals surface area contributed by atoms with E-state index in [1.807, 2.05) is 5.32 Å². The van der Waals surface area contributed by atoms with Gasteiger partial charge in [-0.3, -0.25) is 4.79 Å². The molecule has 1 heterocycles. The van der Waals surface area contributed by atoms with Crippen molar-refractivity contribution in [2.45, 2.75) is 24.8 Å². The lowest BCUT2D eigenvalue weighted by atomic mass is 10.0. The number of phenolic OH excluding ortho intramolecular Hbond substituents is 2. The number of hydrogen-bond donors (Lipinski definition) is 5. The zero-order valence-electron chi connectivity index (χ0n) is 15.6. The maximum atomic E-state index is 12.6. The maximum absolute atomic E-state index is 12.6. The van der Waals surface area contributed by atoms with Crippen LogP contribution < -0.4 is 10.6 Å². The molecular weight excluding hydrogens is 408 g/mol. The predicted molar refractivity (Wildman–Crippen MR) is 99.8 cm³/mol. The molecule has 12 heteroatoms. The zero-order valence-corrected chi connectivity index (χ0v) is 16.4. The summed E-state index contributed by atoms with van der Waals surface area (Å²) in [5.74, 6) is -3.17. The fraction of sp³-hybridized carbons (Fsp3) is 0.412. The first-order chi connectivity index (χ1) is 13.6. The van der Waals surface area contributed by atoms with Crippen molar-refractivity contribution >= 4 is 35.7 Å². The van der Waals surface area contributed by atoms with Crippen LogP contribution in [-0.4, -0.2) is 70.8 Å². The minimum atomic E-state index is -1.54. The SMILES string of the molecule is COC(=O)[C@@H]1CSCc2c(O)cc(O)c(C)c2C(=O)OC[C@H](NC(=O)O)C(=O)N1. The normalized spacial score (nSPS) is 20.2. The molecule has 1 aromatic rings. The second-order valence-corrected chi connectivity index (χ2v) is 7.12. The van der Waals surface area contributed by atoms with Crippen LogP contribution in [0.1, 0.15) is 21.5 Å². The summed E-state index contributed by atoms with van der Waals surface area (Å²) in [4.78, 5) is 47.9. The van der Waals surface area contributed by atoms with Gasteiger partial charge < -0.3 is 35.4 Å². The number of benzene rings is 1. The molecule has 1 aliphatic rings. The van der Waals surface area contributed by atoms with Crippen LogP contribution in [0, 0.1) is 6.92 Å². The third kappa shape index (κ3) is 5.22. The number of esters is 2. The summed E-state index contributed by atoms with van der Waals surface area (Å²) in [6.45, 7) is 0.773. The van der Waals surface area contributed by atoms with Crippen molar-refractivity contribution in [1.29, 1.82) is 0 Å². The van der Waals surface area contributed by atoms with Crippen LogP contribution in [0.5, 0.6) is 11.5 Å². The van der Waals surface area contributed by atoms with E-state index in [0.717, 1.165) is 24.9 Å². The van der Waals surface area contributed by atoms with Crippen LogP contribution in [0.2, 0.25) is 0 Å².